The van der Waals surface area contributed by atoms with Crippen LogP contribution in [0.1, 0.15) is 49.0 Å². The van der Waals surface area contributed by atoms with E-state index in [9.17, 15) is 19.3 Å². The third-order valence-electron chi connectivity index (χ3n) is 9.27. The fourth-order valence-electron chi connectivity index (χ4n) is 6.55. The van der Waals surface area contributed by atoms with Crippen LogP contribution in [0.2, 0.25) is 0 Å². The smallest absolute Gasteiger partial charge is 0.271 e. The van der Waals surface area contributed by atoms with E-state index in [4.69, 9.17) is 14.7 Å². The molecule has 3 aromatic heterocycles. The molecule has 0 bridgehead atoms. The quantitative estimate of drug-likeness (QED) is 0.0718. The number of ether oxygens (including phenoxy) is 1. The summed E-state index contributed by atoms with van der Waals surface area (Å²) in [5.74, 6) is 1.61. The number of thiophene rings is 1. The second kappa shape index (κ2) is 12.2. The van der Waals surface area contributed by atoms with Crippen molar-refractivity contribution in [1.29, 1.82) is 0 Å². The molecule has 0 aliphatic heterocycles. The van der Waals surface area contributed by atoms with Crippen molar-refractivity contribution in [2.75, 3.05) is 7.11 Å². The monoisotopic (exact) mass is 683 g/mol. The van der Waals surface area contributed by atoms with Crippen molar-refractivity contribution >= 4 is 50.0 Å². The van der Waals surface area contributed by atoms with E-state index in [2.05, 4.69) is 20.8 Å². The Balaban J connectivity index is 1.39. The average Bonchev–Trinajstić information content (AvgIpc) is 3.61. The SMILES string of the molecule is COc1ccc(C)c(-n2c(SCc3nc4cc([N+](=O)[O-])ccc4n3-c3ccc(F)cc3)nc3sc4c(c3c2=O)CCC(C(C)(C)C)C4)c1. The first-order chi connectivity index (χ1) is 22.9. The Morgan fingerprint density at radius 3 is 2.56 bits per heavy atom. The number of benzene rings is 3. The molecule has 0 radical (unpaired) electrons. The number of aryl methyl sites for hydroxylation is 2. The van der Waals surface area contributed by atoms with Crippen molar-refractivity contribution in [3.8, 4) is 17.1 Å². The van der Waals surface area contributed by atoms with Gasteiger partial charge in [-0.05, 0) is 85.0 Å². The molecule has 3 heterocycles. The van der Waals surface area contributed by atoms with Crippen molar-refractivity contribution < 1.29 is 14.1 Å². The number of aromatic nitrogens is 4. The molecule has 48 heavy (non-hydrogen) atoms. The minimum atomic E-state index is -0.455. The number of fused-ring (bicyclic) bond motifs is 4. The predicted molar refractivity (Wildman–Crippen MR) is 189 cm³/mol. The number of hydrogen-bond acceptors (Lipinski definition) is 8. The van der Waals surface area contributed by atoms with E-state index >= 15 is 0 Å². The number of nitro groups is 1. The third kappa shape index (κ3) is 5.66. The van der Waals surface area contributed by atoms with Crippen LogP contribution in [-0.4, -0.2) is 31.1 Å². The number of rotatable bonds is 7. The summed E-state index contributed by atoms with van der Waals surface area (Å²) in [6.45, 7) is 8.79. The summed E-state index contributed by atoms with van der Waals surface area (Å²) >= 11 is 2.97. The van der Waals surface area contributed by atoms with Gasteiger partial charge in [0.1, 0.15) is 22.2 Å². The second-order valence-electron chi connectivity index (χ2n) is 13.2. The highest BCUT2D eigenvalue weighted by Crippen LogP contribution is 2.43. The molecule has 6 aromatic rings. The zero-order valence-electron chi connectivity index (χ0n) is 27.2. The summed E-state index contributed by atoms with van der Waals surface area (Å²) in [5.41, 5.74) is 4.40. The molecule has 0 fully saturated rings. The van der Waals surface area contributed by atoms with Crippen molar-refractivity contribution in [2.24, 2.45) is 11.3 Å². The van der Waals surface area contributed by atoms with E-state index in [-0.39, 0.29) is 28.2 Å². The summed E-state index contributed by atoms with van der Waals surface area (Å²) in [6, 6.07) is 16.2. The minimum Gasteiger partial charge on any atom is -0.497 e. The van der Waals surface area contributed by atoms with Crippen molar-refractivity contribution in [2.45, 2.75) is 57.9 Å². The van der Waals surface area contributed by atoms with E-state index in [1.807, 2.05) is 29.7 Å². The van der Waals surface area contributed by atoms with Gasteiger partial charge in [-0.2, -0.15) is 0 Å². The molecule has 1 unspecified atom stereocenters. The van der Waals surface area contributed by atoms with Crippen LogP contribution in [0.15, 0.2) is 70.6 Å². The van der Waals surface area contributed by atoms with Gasteiger partial charge >= 0.3 is 0 Å². The van der Waals surface area contributed by atoms with E-state index in [1.165, 1.54) is 40.9 Å². The van der Waals surface area contributed by atoms with Gasteiger partial charge in [-0.3, -0.25) is 24.0 Å². The Labute approximate surface area is 284 Å². The summed E-state index contributed by atoms with van der Waals surface area (Å²) in [4.78, 5) is 37.6. The van der Waals surface area contributed by atoms with Crippen molar-refractivity contribution in [3.63, 3.8) is 0 Å². The number of imidazole rings is 1. The lowest BCUT2D eigenvalue weighted by Gasteiger charge is -2.33. The van der Waals surface area contributed by atoms with Crippen LogP contribution >= 0.6 is 23.1 Å². The molecule has 0 N–H and O–H groups in total. The number of nitro benzene ring substituents is 1. The first kappa shape index (κ1) is 32.0. The molecule has 3 aromatic carbocycles. The standard InChI is InChI=1S/C36H34FN5O4S2/c1-20-6-13-25(46-5)18-29(20)41-34(43)32-26-14-7-21(36(2,3)4)16-30(26)48-33(32)39-35(41)47-19-31-38-27-17-24(42(44)45)12-15-28(27)40(31)23-10-8-22(37)9-11-23/h6,8-13,15,17-18,21H,7,14,16,19H2,1-5H3. The average molecular weight is 684 g/mol. The maximum absolute atomic E-state index is 14.6. The number of methoxy groups -OCH3 is 1. The van der Waals surface area contributed by atoms with Crippen LogP contribution < -0.4 is 10.3 Å². The Kier molecular flexibility index (Phi) is 8.11. The highest BCUT2D eigenvalue weighted by Gasteiger charge is 2.32. The van der Waals surface area contributed by atoms with Crippen LogP contribution in [0.3, 0.4) is 0 Å². The molecular weight excluding hydrogens is 650 g/mol. The Bertz CT molecular complexity index is 2290. The molecule has 0 saturated carbocycles. The Morgan fingerprint density at radius 1 is 1.08 bits per heavy atom. The van der Waals surface area contributed by atoms with E-state index in [0.29, 0.717) is 50.4 Å². The van der Waals surface area contributed by atoms with Crippen LogP contribution in [0.25, 0.3) is 32.6 Å². The van der Waals surface area contributed by atoms with Gasteiger partial charge in [0.05, 0.1) is 39.9 Å². The van der Waals surface area contributed by atoms with Gasteiger partial charge in [0, 0.05) is 28.8 Å². The molecule has 1 aliphatic carbocycles. The third-order valence-corrected chi connectivity index (χ3v) is 11.4. The number of hydrogen-bond donors (Lipinski definition) is 0. The van der Waals surface area contributed by atoms with Crippen molar-refractivity contribution in [3.05, 3.63) is 109 Å². The number of thioether (sulfide) groups is 1. The number of non-ortho nitro benzene ring substituents is 1. The molecular formula is C36H34FN5O4S2. The van der Waals surface area contributed by atoms with Gasteiger partial charge < -0.3 is 4.74 Å². The topological polar surface area (TPSA) is 105 Å². The molecule has 1 atom stereocenters. The maximum atomic E-state index is 14.6. The Hall–Kier alpha value is -4.55. The number of halogens is 1. The molecule has 1 aliphatic rings. The van der Waals surface area contributed by atoms with Gasteiger partial charge in [-0.1, -0.05) is 38.6 Å². The normalized spacial score (nSPS) is 14.8. The molecule has 0 spiro atoms. The van der Waals surface area contributed by atoms with E-state index < -0.39 is 4.92 Å². The number of nitrogens with zero attached hydrogens (tertiary/aromatic N) is 5. The fourth-order valence-corrected chi connectivity index (χ4v) is 8.81. The van der Waals surface area contributed by atoms with Gasteiger partial charge in [-0.25, -0.2) is 14.4 Å². The highest BCUT2D eigenvalue weighted by molar-refractivity contribution is 7.98. The lowest BCUT2D eigenvalue weighted by Crippen LogP contribution is -2.27. The fraction of sp³-hybridized carbons (Fsp3) is 0.306. The van der Waals surface area contributed by atoms with Crippen molar-refractivity contribution in [1.82, 2.24) is 19.1 Å². The molecule has 12 heteroatoms. The first-order valence-electron chi connectivity index (χ1n) is 15.7. The molecule has 246 valence electrons. The summed E-state index contributed by atoms with van der Waals surface area (Å²) < 4.78 is 23.0. The lowest BCUT2D eigenvalue weighted by molar-refractivity contribution is -0.384. The van der Waals surface area contributed by atoms with Gasteiger partial charge in [-0.15, -0.1) is 11.3 Å². The van der Waals surface area contributed by atoms with Gasteiger partial charge in [0.15, 0.2) is 5.16 Å². The lowest BCUT2D eigenvalue weighted by atomic mass is 9.72. The maximum Gasteiger partial charge on any atom is 0.271 e. The summed E-state index contributed by atoms with van der Waals surface area (Å²) in [6.07, 6.45) is 2.79. The molecule has 0 saturated heterocycles. The highest BCUT2D eigenvalue weighted by atomic mass is 32.2. The summed E-state index contributed by atoms with van der Waals surface area (Å²) in [5, 5.41) is 12.7. The molecule has 7 rings (SSSR count). The van der Waals surface area contributed by atoms with Crippen LogP contribution in [0.4, 0.5) is 10.1 Å². The van der Waals surface area contributed by atoms with Crippen LogP contribution in [-0.2, 0) is 18.6 Å². The van der Waals surface area contributed by atoms with Gasteiger partial charge in [0.2, 0.25) is 0 Å². The second-order valence-corrected chi connectivity index (χ2v) is 15.3. The van der Waals surface area contributed by atoms with E-state index in [0.717, 1.165) is 35.2 Å². The largest absolute Gasteiger partial charge is 0.497 e. The molecule has 0 amide bonds. The minimum absolute atomic E-state index is 0.0738. The Morgan fingerprint density at radius 2 is 1.85 bits per heavy atom. The zero-order valence-corrected chi connectivity index (χ0v) is 28.9. The van der Waals surface area contributed by atoms with Gasteiger partial charge in [0.25, 0.3) is 11.2 Å². The van der Waals surface area contributed by atoms with Crippen LogP contribution in [0.5, 0.6) is 5.75 Å². The predicted octanol–water partition coefficient (Wildman–Crippen LogP) is 8.59. The summed E-state index contributed by atoms with van der Waals surface area (Å²) in [7, 11) is 1.60. The van der Waals surface area contributed by atoms with Crippen LogP contribution in [0, 0.1) is 34.2 Å². The zero-order chi connectivity index (χ0) is 33.9. The first-order valence-corrected chi connectivity index (χ1v) is 17.5. The molecule has 9 nitrogen and oxygen atoms in total. The van der Waals surface area contributed by atoms with E-state index in [1.54, 1.807) is 41.2 Å².